The molecule has 2 heterocycles. The number of likely N-dealkylation sites (tertiary alicyclic amines) is 1. The van der Waals surface area contributed by atoms with Gasteiger partial charge in [0, 0.05) is 25.7 Å². The molecule has 1 unspecified atom stereocenters. The molecule has 3 aliphatic rings. The van der Waals surface area contributed by atoms with Crippen molar-refractivity contribution < 1.29 is 9.84 Å². The third kappa shape index (κ3) is 2.12. The van der Waals surface area contributed by atoms with Gasteiger partial charge in [0.15, 0.2) is 0 Å². The van der Waals surface area contributed by atoms with Crippen LogP contribution < -0.4 is 5.73 Å². The first-order chi connectivity index (χ1) is 8.13. The molecule has 3 fully saturated rings. The van der Waals surface area contributed by atoms with E-state index in [1.807, 2.05) is 0 Å². The number of hydrogen-bond acceptors (Lipinski definition) is 4. The van der Waals surface area contributed by atoms with Crippen LogP contribution in [0.3, 0.4) is 0 Å². The van der Waals surface area contributed by atoms with Crippen LogP contribution in [0.15, 0.2) is 0 Å². The van der Waals surface area contributed by atoms with Gasteiger partial charge in [-0.3, -0.25) is 0 Å². The number of nitrogens with two attached hydrogens (primary N) is 1. The van der Waals surface area contributed by atoms with E-state index < -0.39 is 11.1 Å². The Bertz CT molecular complexity index is 277. The molecule has 98 valence electrons. The Kier molecular flexibility index (Phi) is 2.94. The molecule has 1 atom stereocenters. The maximum atomic E-state index is 10.8. The molecule has 0 radical (unpaired) electrons. The van der Waals surface area contributed by atoms with Crippen molar-refractivity contribution >= 4 is 0 Å². The fourth-order valence-corrected chi connectivity index (χ4v) is 3.38. The highest BCUT2D eigenvalue weighted by Gasteiger charge is 2.50. The first-order valence-electron chi connectivity index (χ1n) is 6.96. The largest absolute Gasteiger partial charge is 0.388 e. The molecular formula is C13H24N2O2. The Morgan fingerprint density at radius 2 is 1.88 bits per heavy atom. The molecule has 0 aromatic rings. The highest BCUT2D eigenvalue weighted by molar-refractivity contribution is 5.07. The number of ether oxygens (including phenoxy) is 1. The van der Waals surface area contributed by atoms with Gasteiger partial charge < -0.3 is 20.5 Å². The summed E-state index contributed by atoms with van der Waals surface area (Å²) in [5, 5.41) is 10.8. The second kappa shape index (κ2) is 4.19. The lowest BCUT2D eigenvalue weighted by molar-refractivity contribution is -0.124. The maximum Gasteiger partial charge on any atom is 0.0873 e. The van der Waals surface area contributed by atoms with Crippen molar-refractivity contribution in [1.29, 1.82) is 0 Å². The van der Waals surface area contributed by atoms with Crippen molar-refractivity contribution in [2.45, 2.75) is 55.7 Å². The minimum absolute atomic E-state index is 0.513. The Balaban J connectivity index is 1.65. The average molecular weight is 240 g/mol. The van der Waals surface area contributed by atoms with E-state index in [0.717, 1.165) is 51.4 Å². The molecule has 4 nitrogen and oxygen atoms in total. The first kappa shape index (κ1) is 11.9. The van der Waals surface area contributed by atoms with Gasteiger partial charge in [0.2, 0.25) is 0 Å². The lowest BCUT2D eigenvalue weighted by atomic mass is 9.71. The maximum absolute atomic E-state index is 10.8. The Labute approximate surface area is 103 Å². The molecule has 0 spiro atoms. The predicted octanol–water partition coefficient (Wildman–Crippen LogP) is 0.484. The van der Waals surface area contributed by atoms with Gasteiger partial charge in [-0.1, -0.05) is 0 Å². The van der Waals surface area contributed by atoms with Crippen LogP contribution in [0.2, 0.25) is 0 Å². The molecule has 0 aromatic carbocycles. The Hall–Kier alpha value is -0.160. The number of aliphatic hydroxyl groups is 1. The highest BCUT2D eigenvalue weighted by atomic mass is 16.5. The topological polar surface area (TPSA) is 58.7 Å². The van der Waals surface area contributed by atoms with Crippen LogP contribution in [0.25, 0.3) is 0 Å². The molecule has 4 heteroatoms. The number of nitrogens with zero attached hydrogens (tertiary/aromatic N) is 1. The SMILES string of the molecule is NC1(C2(O)CCN(C3CC3)CC2)CCCOC1. The normalized spacial score (nSPS) is 39.2. The quantitative estimate of drug-likeness (QED) is 0.737. The van der Waals surface area contributed by atoms with Crippen LogP contribution in [0, 0.1) is 0 Å². The molecule has 0 bridgehead atoms. The van der Waals surface area contributed by atoms with Gasteiger partial charge >= 0.3 is 0 Å². The number of piperidine rings is 1. The minimum Gasteiger partial charge on any atom is -0.388 e. The van der Waals surface area contributed by atoms with Crippen molar-refractivity contribution in [3.05, 3.63) is 0 Å². The van der Waals surface area contributed by atoms with Gasteiger partial charge in [0.25, 0.3) is 0 Å². The summed E-state index contributed by atoms with van der Waals surface area (Å²) in [4.78, 5) is 2.52. The van der Waals surface area contributed by atoms with Crippen LogP contribution >= 0.6 is 0 Å². The average Bonchev–Trinajstić information content (AvgIpc) is 3.15. The summed E-state index contributed by atoms with van der Waals surface area (Å²) in [5.41, 5.74) is 5.19. The summed E-state index contributed by atoms with van der Waals surface area (Å²) in [7, 11) is 0. The Morgan fingerprint density at radius 3 is 2.41 bits per heavy atom. The van der Waals surface area contributed by atoms with Crippen molar-refractivity contribution in [3.8, 4) is 0 Å². The van der Waals surface area contributed by atoms with E-state index in [9.17, 15) is 5.11 Å². The molecule has 17 heavy (non-hydrogen) atoms. The third-order valence-electron chi connectivity index (χ3n) is 4.89. The second-order valence-corrected chi connectivity index (χ2v) is 6.11. The van der Waals surface area contributed by atoms with E-state index in [-0.39, 0.29) is 0 Å². The zero-order chi connectivity index (χ0) is 11.9. The van der Waals surface area contributed by atoms with Crippen LogP contribution in [0.4, 0.5) is 0 Å². The van der Waals surface area contributed by atoms with Gasteiger partial charge in [-0.2, -0.15) is 0 Å². The smallest absolute Gasteiger partial charge is 0.0873 e. The first-order valence-corrected chi connectivity index (χ1v) is 6.96. The fraction of sp³-hybridized carbons (Fsp3) is 1.00. The summed E-state index contributed by atoms with van der Waals surface area (Å²) < 4.78 is 5.49. The van der Waals surface area contributed by atoms with E-state index in [4.69, 9.17) is 10.5 Å². The van der Waals surface area contributed by atoms with Crippen molar-refractivity contribution in [3.63, 3.8) is 0 Å². The predicted molar refractivity (Wildman–Crippen MR) is 65.8 cm³/mol. The lowest BCUT2D eigenvalue weighted by Gasteiger charge is -2.50. The molecule has 1 saturated carbocycles. The van der Waals surface area contributed by atoms with Gasteiger partial charge in [-0.25, -0.2) is 0 Å². The van der Waals surface area contributed by atoms with Crippen LogP contribution in [0.5, 0.6) is 0 Å². The highest BCUT2D eigenvalue weighted by Crippen LogP contribution is 2.39. The van der Waals surface area contributed by atoms with Crippen molar-refractivity contribution in [1.82, 2.24) is 4.90 Å². The molecule has 0 aromatic heterocycles. The van der Waals surface area contributed by atoms with Gasteiger partial charge in [0.05, 0.1) is 17.7 Å². The number of hydrogen-bond donors (Lipinski definition) is 2. The second-order valence-electron chi connectivity index (χ2n) is 6.11. The summed E-state index contributed by atoms with van der Waals surface area (Å²) in [6, 6.07) is 0.802. The summed E-state index contributed by atoms with van der Waals surface area (Å²) >= 11 is 0. The Morgan fingerprint density at radius 1 is 1.18 bits per heavy atom. The summed E-state index contributed by atoms with van der Waals surface area (Å²) in [6.45, 7) is 3.32. The zero-order valence-electron chi connectivity index (χ0n) is 10.5. The van der Waals surface area contributed by atoms with Crippen LogP contribution in [-0.2, 0) is 4.74 Å². The van der Waals surface area contributed by atoms with E-state index in [1.54, 1.807) is 0 Å². The van der Waals surface area contributed by atoms with Gasteiger partial charge in [-0.05, 0) is 38.5 Å². The van der Waals surface area contributed by atoms with Crippen molar-refractivity contribution in [2.75, 3.05) is 26.3 Å². The standard InChI is InChI=1S/C13H24N2O2/c14-12(4-1-9-17-10-12)13(16)5-7-15(8-6-13)11-2-3-11/h11,16H,1-10,14H2. The molecule has 0 amide bonds. The molecule has 3 rings (SSSR count). The van der Waals surface area contributed by atoms with Gasteiger partial charge in [0.1, 0.15) is 0 Å². The monoisotopic (exact) mass is 240 g/mol. The van der Waals surface area contributed by atoms with Crippen LogP contribution in [-0.4, -0.2) is 53.5 Å². The van der Waals surface area contributed by atoms with Gasteiger partial charge in [-0.15, -0.1) is 0 Å². The van der Waals surface area contributed by atoms with E-state index in [0.29, 0.717) is 6.61 Å². The van der Waals surface area contributed by atoms with E-state index in [1.165, 1.54) is 12.8 Å². The summed E-state index contributed by atoms with van der Waals surface area (Å²) in [5.74, 6) is 0. The zero-order valence-corrected chi connectivity index (χ0v) is 10.5. The van der Waals surface area contributed by atoms with Crippen LogP contribution in [0.1, 0.15) is 38.5 Å². The molecule has 2 saturated heterocycles. The molecule has 1 aliphatic carbocycles. The van der Waals surface area contributed by atoms with Crippen molar-refractivity contribution in [2.24, 2.45) is 5.73 Å². The van der Waals surface area contributed by atoms with E-state index in [2.05, 4.69) is 4.90 Å². The minimum atomic E-state index is -0.710. The molecule has 2 aliphatic heterocycles. The third-order valence-corrected chi connectivity index (χ3v) is 4.89. The molecule has 3 N–H and O–H groups in total. The fourth-order valence-electron chi connectivity index (χ4n) is 3.38. The number of rotatable bonds is 2. The molecular weight excluding hydrogens is 216 g/mol. The van der Waals surface area contributed by atoms with E-state index >= 15 is 0 Å². The summed E-state index contributed by atoms with van der Waals surface area (Å²) in [6.07, 6.45) is 6.18. The lowest BCUT2D eigenvalue weighted by Crippen LogP contribution is -2.67.